The Morgan fingerprint density at radius 1 is 0.310 bits per heavy atom. The Kier molecular flexibility index (Phi) is 5.00. The first-order chi connectivity index (χ1) is 14.0. The van der Waals surface area contributed by atoms with Gasteiger partial charge in [-0.1, -0.05) is 0 Å². The summed E-state index contributed by atoms with van der Waals surface area (Å²) in [5.41, 5.74) is 27.1. The van der Waals surface area contributed by atoms with E-state index in [0.717, 1.165) is 22.7 Å². The van der Waals surface area contributed by atoms with E-state index in [1.165, 1.54) is 16.6 Å². The van der Waals surface area contributed by atoms with Crippen LogP contribution in [-0.2, 0) is 14.8 Å². The van der Waals surface area contributed by atoms with Gasteiger partial charge in [-0.3, -0.25) is 0 Å². The van der Waals surface area contributed by atoms with Crippen LogP contribution in [0.2, 0.25) is 0 Å². The van der Waals surface area contributed by atoms with Gasteiger partial charge in [0.2, 0.25) is 0 Å². The van der Waals surface area contributed by atoms with E-state index >= 15 is 0 Å². The molecule has 5 heteroatoms. The van der Waals surface area contributed by atoms with Gasteiger partial charge in [-0.2, -0.15) is 0 Å². The molecule has 0 amide bonds. The number of hydrogen-bond donors (Lipinski definition) is 4. The van der Waals surface area contributed by atoms with Crippen LogP contribution in [0.1, 0.15) is 0 Å². The Morgan fingerprint density at radius 3 is 0.655 bits per heavy atom. The molecule has 0 aliphatic heterocycles. The Balaban J connectivity index is 2.11. The second-order valence-electron chi connectivity index (χ2n) is 8.03. The Hall–Kier alpha value is -3.30. The SMILES string of the molecule is Nc1cc[c]([Zn]([c]2ccc(N)cc2)([c]2ccc(N)cc2)[c]2ccc(N)cc2)cc1. The summed E-state index contributed by atoms with van der Waals surface area (Å²) in [6.45, 7) is 0. The zero-order chi connectivity index (χ0) is 20.4. The van der Waals surface area contributed by atoms with Crippen molar-refractivity contribution in [2.45, 2.75) is 0 Å². The zero-order valence-corrected chi connectivity index (χ0v) is 19.2. The fourth-order valence-corrected chi connectivity index (χ4v) is 18.7. The fourth-order valence-electron chi connectivity index (χ4n) is 4.90. The van der Waals surface area contributed by atoms with E-state index in [2.05, 4.69) is 48.5 Å². The van der Waals surface area contributed by atoms with E-state index in [1.807, 2.05) is 48.5 Å². The zero-order valence-electron chi connectivity index (χ0n) is 16.3. The third-order valence-electron chi connectivity index (χ3n) is 6.37. The molecule has 0 atom stereocenters. The molecule has 8 N–H and O–H groups in total. The Labute approximate surface area is 174 Å². The molecular weight excluding hydrogens is 410 g/mol. The van der Waals surface area contributed by atoms with Crippen LogP contribution >= 0.6 is 0 Å². The number of anilines is 4. The van der Waals surface area contributed by atoms with Crippen molar-refractivity contribution in [3.63, 3.8) is 0 Å². The molecule has 0 radical (unpaired) electrons. The normalized spacial score (nSPS) is 10.8. The van der Waals surface area contributed by atoms with E-state index in [-0.39, 0.29) is 0 Å². The predicted octanol–water partition coefficient (Wildman–Crippen LogP) is 1.77. The average molecular weight is 434 g/mol. The van der Waals surface area contributed by atoms with Crippen LogP contribution in [0.25, 0.3) is 0 Å². The minimum atomic E-state index is -3.78. The molecular formula is C24H24N4Zn. The van der Waals surface area contributed by atoms with Crippen LogP contribution in [0.5, 0.6) is 0 Å². The van der Waals surface area contributed by atoms with Crippen LogP contribution in [-0.4, -0.2) is 0 Å². The molecule has 0 spiro atoms. The van der Waals surface area contributed by atoms with Gasteiger partial charge < -0.3 is 0 Å². The van der Waals surface area contributed by atoms with Gasteiger partial charge in [-0.05, 0) is 0 Å². The summed E-state index contributed by atoms with van der Waals surface area (Å²) in [5, 5.41) is 0. The summed E-state index contributed by atoms with van der Waals surface area (Å²) in [6.07, 6.45) is 0. The maximum atomic E-state index is 6.02. The van der Waals surface area contributed by atoms with Crippen LogP contribution < -0.4 is 39.6 Å². The maximum absolute atomic E-state index is 6.02. The molecule has 0 unspecified atom stereocenters. The van der Waals surface area contributed by atoms with Crippen molar-refractivity contribution < 1.29 is 14.8 Å². The second kappa shape index (κ2) is 7.61. The first-order valence-electron chi connectivity index (χ1n) is 9.85. The first-order valence-corrected chi connectivity index (χ1v) is 15.8. The topological polar surface area (TPSA) is 104 Å². The van der Waals surface area contributed by atoms with Crippen molar-refractivity contribution in [1.29, 1.82) is 0 Å². The van der Waals surface area contributed by atoms with Crippen LogP contribution in [0.3, 0.4) is 0 Å². The predicted molar refractivity (Wildman–Crippen MR) is 122 cm³/mol. The third kappa shape index (κ3) is 3.46. The van der Waals surface area contributed by atoms with E-state index < -0.39 is 14.8 Å². The van der Waals surface area contributed by atoms with Crippen molar-refractivity contribution in [2.75, 3.05) is 22.9 Å². The molecule has 0 aliphatic carbocycles. The molecule has 4 nitrogen and oxygen atoms in total. The average Bonchev–Trinajstić information content (AvgIpc) is 2.73. The van der Waals surface area contributed by atoms with Gasteiger partial charge >= 0.3 is 174 Å². The monoisotopic (exact) mass is 432 g/mol. The summed E-state index contributed by atoms with van der Waals surface area (Å²) < 4.78 is 5.23. The number of benzene rings is 4. The van der Waals surface area contributed by atoms with Crippen LogP contribution in [0.15, 0.2) is 97.1 Å². The molecule has 0 bridgehead atoms. The summed E-state index contributed by atoms with van der Waals surface area (Å²) in [7, 11) is 0. The van der Waals surface area contributed by atoms with Gasteiger partial charge in [-0.15, -0.1) is 0 Å². The summed E-state index contributed by atoms with van der Waals surface area (Å²) in [6, 6.07) is 33.2. The number of rotatable bonds is 4. The van der Waals surface area contributed by atoms with Crippen molar-refractivity contribution in [1.82, 2.24) is 0 Å². The summed E-state index contributed by atoms with van der Waals surface area (Å²) >= 11 is -3.78. The van der Waals surface area contributed by atoms with Gasteiger partial charge in [0.05, 0.1) is 0 Å². The molecule has 4 aromatic rings. The Morgan fingerprint density at radius 2 is 0.483 bits per heavy atom. The molecule has 29 heavy (non-hydrogen) atoms. The van der Waals surface area contributed by atoms with Crippen molar-refractivity contribution in [3.8, 4) is 0 Å². The van der Waals surface area contributed by atoms with Gasteiger partial charge in [-0.25, -0.2) is 0 Å². The molecule has 0 saturated carbocycles. The molecule has 0 aliphatic rings. The summed E-state index contributed by atoms with van der Waals surface area (Å²) in [5.74, 6) is 0. The van der Waals surface area contributed by atoms with Crippen molar-refractivity contribution in [3.05, 3.63) is 97.1 Å². The molecule has 142 valence electrons. The molecule has 0 saturated heterocycles. The number of nitrogens with two attached hydrogens (primary N) is 4. The molecule has 0 heterocycles. The van der Waals surface area contributed by atoms with Gasteiger partial charge in [0.15, 0.2) is 0 Å². The Bertz CT molecular complexity index is 916. The van der Waals surface area contributed by atoms with Crippen molar-refractivity contribution >= 4 is 39.4 Å². The molecule has 0 fully saturated rings. The van der Waals surface area contributed by atoms with Crippen LogP contribution in [0, 0.1) is 0 Å². The van der Waals surface area contributed by atoms with E-state index in [4.69, 9.17) is 22.9 Å². The second-order valence-corrected chi connectivity index (χ2v) is 19.3. The fraction of sp³-hybridized carbons (Fsp3) is 0. The molecule has 0 aromatic heterocycles. The third-order valence-corrected chi connectivity index (χ3v) is 20.6. The van der Waals surface area contributed by atoms with Crippen molar-refractivity contribution in [2.24, 2.45) is 0 Å². The minimum absolute atomic E-state index is 0.752. The number of hydrogen-bond acceptors (Lipinski definition) is 4. The van der Waals surface area contributed by atoms with E-state index in [9.17, 15) is 0 Å². The first kappa shape index (κ1) is 19.0. The van der Waals surface area contributed by atoms with Gasteiger partial charge in [0.25, 0.3) is 0 Å². The van der Waals surface area contributed by atoms with Gasteiger partial charge in [0, 0.05) is 0 Å². The van der Waals surface area contributed by atoms with Gasteiger partial charge in [0.1, 0.15) is 0 Å². The molecule has 4 aromatic carbocycles. The standard InChI is InChI=1S/4C6H6N.Zn/c4*7-6-4-2-1-3-5-6;/h4*2-5H,7H2;. The quantitative estimate of drug-likeness (QED) is 0.291. The molecule has 4 rings (SSSR count). The van der Waals surface area contributed by atoms with E-state index in [0.29, 0.717) is 0 Å². The number of nitrogen functional groups attached to an aromatic ring is 4. The van der Waals surface area contributed by atoms with Crippen LogP contribution in [0.4, 0.5) is 22.7 Å². The van der Waals surface area contributed by atoms with E-state index in [1.54, 1.807) is 0 Å². The summed E-state index contributed by atoms with van der Waals surface area (Å²) in [4.78, 5) is 0.